The van der Waals surface area contributed by atoms with Crippen LogP contribution in [0.4, 0.5) is 5.95 Å². The van der Waals surface area contributed by atoms with Crippen molar-refractivity contribution in [2.45, 2.75) is 26.2 Å². The molecule has 0 aliphatic carbocycles. The molecular weight excluding hydrogens is 302 g/mol. The Labute approximate surface area is 142 Å². The third-order valence-electron chi connectivity index (χ3n) is 4.55. The number of para-hydroxylation sites is 1. The first kappa shape index (κ1) is 16.4. The topological polar surface area (TPSA) is 55.3 Å². The van der Waals surface area contributed by atoms with Crippen molar-refractivity contribution in [3.8, 4) is 5.75 Å². The van der Waals surface area contributed by atoms with Crippen LogP contribution in [0.15, 0.2) is 36.7 Å². The normalized spacial score (nSPS) is 17.6. The van der Waals surface area contributed by atoms with Crippen molar-refractivity contribution in [1.29, 1.82) is 0 Å². The quantitative estimate of drug-likeness (QED) is 0.791. The van der Waals surface area contributed by atoms with E-state index < -0.39 is 0 Å². The predicted octanol–water partition coefficient (Wildman–Crippen LogP) is 3.15. The lowest BCUT2D eigenvalue weighted by molar-refractivity contribution is 0.0904. The van der Waals surface area contributed by atoms with Gasteiger partial charge in [-0.05, 0) is 37.0 Å². The number of ketones is 1. The lowest BCUT2D eigenvalue weighted by Gasteiger charge is -2.32. The van der Waals surface area contributed by atoms with Gasteiger partial charge in [0, 0.05) is 31.4 Å². The van der Waals surface area contributed by atoms with Crippen LogP contribution in [0.2, 0.25) is 0 Å². The summed E-state index contributed by atoms with van der Waals surface area (Å²) < 4.78 is 5.34. The number of aromatic nitrogens is 2. The number of aryl methyl sites for hydroxylation is 1. The van der Waals surface area contributed by atoms with E-state index in [-0.39, 0.29) is 11.7 Å². The molecule has 3 rings (SSSR count). The summed E-state index contributed by atoms with van der Waals surface area (Å²) in [6.07, 6.45) is 6.52. The molecule has 1 saturated heterocycles. The van der Waals surface area contributed by atoms with Gasteiger partial charge in [-0.2, -0.15) is 0 Å². The highest BCUT2D eigenvalue weighted by atomic mass is 16.5. The maximum Gasteiger partial charge on any atom is 0.225 e. The predicted molar refractivity (Wildman–Crippen MR) is 93.7 cm³/mol. The second kappa shape index (κ2) is 7.43. The molecule has 0 saturated carbocycles. The maximum atomic E-state index is 12.9. The Morgan fingerprint density at radius 3 is 2.75 bits per heavy atom. The van der Waals surface area contributed by atoms with Crippen molar-refractivity contribution < 1.29 is 9.53 Å². The zero-order chi connectivity index (χ0) is 16.9. The van der Waals surface area contributed by atoms with Crippen molar-refractivity contribution in [1.82, 2.24) is 9.97 Å². The number of rotatable bonds is 5. The van der Waals surface area contributed by atoms with Crippen LogP contribution >= 0.6 is 0 Å². The minimum absolute atomic E-state index is 0.0514. The Balaban J connectivity index is 1.76. The number of anilines is 1. The number of ether oxygens (including phenoxy) is 1. The Hall–Kier alpha value is -2.43. The molecule has 24 heavy (non-hydrogen) atoms. The molecular formula is C19H23N3O2. The first-order valence-electron chi connectivity index (χ1n) is 8.46. The third-order valence-corrected chi connectivity index (χ3v) is 4.55. The van der Waals surface area contributed by atoms with Gasteiger partial charge in [0.25, 0.3) is 0 Å². The third kappa shape index (κ3) is 3.40. The largest absolute Gasteiger partial charge is 0.496 e. The number of carbonyl (C=O) groups is 1. The number of Topliss-reactive ketones (excluding diaryl/α,β-unsaturated/α-hetero) is 1. The first-order chi connectivity index (χ1) is 11.7. The molecule has 0 bridgehead atoms. The number of carbonyl (C=O) groups excluding carboxylic acids is 1. The molecule has 1 aliphatic heterocycles. The summed E-state index contributed by atoms with van der Waals surface area (Å²) in [6.45, 7) is 3.63. The minimum Gasteiger partial charge on any atom is -0.496 e. The SMILES string of the molecule is CCc1cnc(N2CCC[C@@H](C(=O)c3ccccc3OC)C2)nc1. The highest BCUT2D eigenvalue weighted by Gasteiger charge is 2.29. The standard InChI is InChI=1S/C19H23N3O2/c1-3-14-11-20-19(21-12-14)22-10-6-7-15(13-22)18(23)16-8-4-5-9-17(16)24-2/h4-5,8-9,11-12,15H,3,6-7,10,13H2,1-2H3/t15-/m1/s1. The number of hydrogen-bond donors (Lipinski definition) is 0. The van der Waals surface area contributed by atoms with Crippen LogP contribution in [-0.2, 0) is 6.42 Å². The molecule has 1 atom stereocenters. The van der Waals surface area contributed by atoms with Crippen molar-refractivity contribution in [3.63, 3.8) is 0 Å². The molecule has 0 radical (unpaired) electrons. The van der Waals surface area contributed by atoms with E-state index in [2.05, 4.69) is 21.8 Å². The summed E-state index contributed by atoms with van der Waals surface area (Å²) in [4.78, 5) is 23.9. The molecule has 0 unspecified atom stereocenters. The summed E-state index contributed by atoms with van der Waals surface area (Å²) in [5.41, 5.74) is 1.78. The molecule has 5 nitrogen and oxygen atoms in total. The molecule has 1 aliphatic rings. The minimum atomic E-state index is -0.0514. The molecule has 126 valence electrons. The van der Waals surface area contributed by atoms with Crippen LogP contribution in [0.1, 0.15) is 35.7 Å². The van der Waals surface area contributed by atoms with E-state index in [1.807, 2.05) is 36.7 Å². The Morgan fingerprint density at radius 2 is 2.04 bits per heavy atom. The van der Waals surface area contributed by atoms with Gasteiger partial charge in [-0.25, -0.2) is 9.97 Å². The van der Waals surface area contributed by atoms with Crippen molar-refractivity contribution >= 4 is 11.7 Å². The van der Waals surface area contributed by atoms with E-state index in [0.717, 1.165) is 31.4 Å². The molecule has 1 aromatic carbocycles. The average Bonchev–Trinajstić information content (AvgIpc) is 2.67. The van der Waals surface area contributed by atoms with E-state index in [1.165, 1.54) is 0 Å². The van der Waals surface area contributed by atoms with Gasteiger partial charge in [-0.1, -0.05) is 19.1 Å². The van der Waals surface area contributed by atoms with Crippen molar-refractivity contribution in [3.05, 3.63) is 47.8 Å². The van der Waals surface area contributed by atoms with Gasteiger partial charge in [0.05, 0.1) is 12.7 Å². The first-order valence-corrected chi connectivity index (χ1v) is 8.46. The van der Waals surface area contributed by atoms with E-state index in [1.54, 1.807) is 7.11 Å². The van der Waals surface area contributed by atoms with E-state index >= 15 is 0 Å². The Kier molecular flexibility index (Phi) is 5.08. The average molecular weight is 325 g/mol. The van der Waals surface area contributed by atoms with E-state index in [4.69, 9.17) is 4.74 Å². The maximum absolute atomic E-state index is 12.9. The van der Waals surface area contributed by atoms with Crippen LogP contribution in [0, 0.1) is 5.92 Å². The van der Waals surface area contributed by atoms with E-state index in [0.29, 0.717) is 23.8 Å². The Bertz CT molecular complexity index is 700. The number of piperidine rings is 1. The number of hydrogen-bond acceptors (Lipinski definition) is 5. The molecule has 5 heteroatoms. The van der Waals surface area contributed by atoms with Gasteiger partial charge in [-0.3, -0.25) is 4.79 Å². The smallest absolute Gasteiger partial charge is 0.225 e. The zero-order valence-electron chi connectivity index (χ0n) is 14.2. The Morgan fingerprint density at radius 1 is 1.29 bits per heavy atom. The second-order valence-corrected chi connectivity index (χ2v) is 6.09. The van der Waals surface area contributed by atoms with Gasteiger partial charge >= 0.3 is 0 Å². The van der Waals surface area contributed by atoms with Gasteiger partial charge in [0.1, 0.15) is 5.75 Å². The molecule has 1 fully saturated rings. The van der Waals surface area contributed by atoms with Gasteiger partial charge < -0.3 is 9.64 Å². The van der Waals surface area contributed by atoms with Crippen LogP contribution in [0.3, 0.4) is 0 Å². The molecule has 2 aromatic rings. The van der Waals surface area contributed by atoms with Crippen LogP contribution in [-0.4, -0.2) is 36.0 Å². The number of benzene rings is 1. The molecule has 2 heterocycles. The summed E-state index contributed by atoms with van der Waals surface area (Å²) >= 11 is 0. The monoisotopic (exact) mass is 325 g/mol. The van der Waals surface area contributed by atoms with Crippen molar-refractivity contribution in [2.24, 2.45) is 5.92 Å². The molecule has 0 spiro atoms. The molecule has 0 N–H and O–H groups in total. The fourth-order valence-corrected chi connectivity index (χ4v) is 3.13. The van der Waals surface area contributed by atoms with Gasteiger partial charge in [-0.15, -0.1) is 0 Å². The van der Waals surface area contributed by atoms with Crippen LogP contribution < -0.4 is 9.64 Å². The highest BCUT2D eigenvalue weighted by Crippen LogP contribution is 2.27. The van der Waals surface area contributed by atoms with Gasteiger partial charge in [0.2, 0.25) is 5.95 Å². The van der Waals surface area contributed by atoms with Crippen molar-refractivity contribution in [2.75, 3.05) is 25.1 Å². The van der Waals surface area contributed by atoms with E-state index in [9.17, 15) is 4.79 Å². The lowest BCUT2D eigenvalue weighted by Crippen LogP contribution is -2.39. The second-order valence-electron chi connectivity index (χ2n) is 6.09. The summed E-state index contributed by atoms with van der Waals surface area (Å²) in [7, 11) is 1.60. The summed E-state index contributed by atoms with van der Waals surface area (Å²) in [5, 5.41) is 0. The fourth-order valence-electron chi connectivity index (χ4n) is 3.13. The van der Waals surface area contributed by atoms with Crippen LogP contribution in [0.5, 0.6) is 5.75 Å². The highest BCUT2D eigenvalue weighted by molar-refractivity contribution is 6.00. The summed E-state index contributed by atoms with van der Waals surface area (Å²) in [6, 6.07) is 7.43. The molecule has 0 amide bonds. The number of methoxy groups -OCH3 is 1. The zero-order valence-corrected chi connectivity index (χ0v) is 14.2. The molecule has 1 aromatic heterocycles. The summed E-state index contributed by atoms with van der Waals surface area (Å²) in [5.74, 6) is 1.44. The number of nitrogens with zero attached hydrogens (tertiary/aromatic N) is 3. The fraction of sp³-hybridized carbons (Fsp3) is 0.421. The van der Waals surface area contributed by atoms with Crippen LogP contribution in [0.25, 0.3) is 0 Å². The van der Waals surface area contributed by atoms with Gasteiger partial charge in [0.15, 0.2) is 5.78 Å². The lowest BCUT2D eigenvalue weighted by atomic mass is 9.89.